The Hall–Kier alpha value is -1.02. The summed E-state index contributed by atoms with van der Waals surface area (Å²) in [7, 11) is 0. The van der Waals surface area contributed by atoms with Crippen LogP contribution in [-0.2, 0) is 6.42 Å². The molecule has 0 amide bonds. The highest BCUT2D eigenvalue weighted by molar-refractivity contribution is 5.57. The number of nitrogens with zero attached hydrogens (tertiary/aromatic N) is 1. The minimum absolute atomic E-state index is 0.738. The average molecular weight is 230 g/mol. The van der Waals surface area contributed by atoms with E-state index >= 15 is 0 Å². The van der Waals surface area contributed by atoms with Crippen LogP contribution < -0.4 is 10.2 Å². The molecule has 3 rings (SSSR count). The molecule has 1 heterocycles. The molecule has 1 fully saturated rings. The minimum atomic E-state index is 0.738. The van der Waals surface area contributed by atoms with Crippen molar-refractivity contribution in [3.63, 3.8) is 0 Å². The van der Waals surface area contributed by atoms with E-state index in [0.29, 0.717) is 0 Å². The van der Waals surface area contributed by atoms with Gasteiger partial charge in [0.2, 0.25) is 0 Å². The van der Waals surface area contributed by atoms with E-state index in [9.17, 15) is 0 Å². The first-order valence-electron chi connectivity index (χ1n) is 6.89. The summed E-state index contributed by atoms with van der Waals surface area (Å²) in [6, 6.07) is 9.68. The van der Waals surface area contributed by atoms with E-state index in [1.807, 2.05) is 0 Å². The average Bonchev–Trinajstić information content (AvgIpc) is 3.10. The molecular weight excluding hydrogens is 208 g/mol. The molecule has 0 bridgehead atoms. The van der Waals surface area contributed by atoms with E-state index < -0.39 is 0 Å². The molecule has 1 N–H and O–H groups in total. The van der Waals surface area contributed by atoms with Crippen molar-refractivity contribution in [2.24, 2.45) is 5.92 Å². The SMILES string of the molecule is CC(CNC1CC1)CN1CCc2ccccc21. The topological polar surface area (TPSA) is 15.3 Å². The summed E-state index contributed by atoms with van der Waals surface area (Å²) in [5.41, 5.74) is 2.99. The lowest BCUT2D eigenvalue weighted by molar-refractivity contribution is 0.506. The predicted octanol–water partition coefficient (Wildman–Crippen LogP) is 2.44. The van der Waals surface area contributed by atoms with Gasteiger partial charge in [-0.25, -0.2) is 0 Å². The number of benzene rings is 1. The normalized spacial score (nSPS) is 20.4. The molecule has 0 aromatic heterocycles. The van der Waals surface area contributed by atoms with Crippen molar-refractivity contribution in [1.82, 2.24) is 5.32 Å². The molecule has 2 heteroatoms. The quantitative estimate of drug-likeness (QED) is 0.836. The van der Waals surface area contributed by atoms with Gasteiger partial charge in [-0.2, -0.15) is 0 Å². The zero-order valence-corrected chi connectivity index (χ0v) is 10.7. The molecule has 2 nitrogen and oxygen atoms in total. The molecule has 1 aliphatic carbocycles. The van der Waals surface area contributed by atoms with Crippen LogP contribution in [0.4, 0.5) is 5.69 Å². The third-order valence-corrected chi connectivity index (χ3v) is 3.85. The van der Waals surface area contributed by atoms with Crippen LogP contribution in [0, 0.1) is 5.92 Å². The fraction of sp³-hybridized carbons (Fsp3) is 0.600. The lowest BCUT2D eigenvalue weighted by Crippen LogP contribution is -2.33. The molecule has 1 saturated carbocycles. The first-order chi connectivity index (χ1) is 8.33. The molecule has 17 heavy (non-hydrogen) atoms. The van der Waals surface area contributed by atoms with Gasteiger partial charge >= 0.3 is 0 Å². The Labute approximate surface area is 104 Å². The molecular formula is C15H22N2. The fourth-order valence-electron chi connectivity index (χ4n) is 2.69. The molecule has 1 aromatic carbocycles. The maximum atomic E-state index is 3.63. The summed E-state index contributed by atoms with van der Waals surface area (Å²) >= 11 is 0. The number of hydrogen-bond donors (Lipinski definition) is 1. The second-order valence-electron chi connectivity index (χ2n) is 5.61. The van der Waals surface area contributed by atoms with Crippen LogP contribution in [0.15, 0.2) is 24.3 Å². The van der Waals surface area contributed by atoms with Gasteiger partial charge in [-0.1, -0.05) is 25.1 Å². The van der Waals surface area contributed by atoms with Gasteiger partial charge in [-0.15, -0.1) is 0 Å². The van der Waals surface area contributed by atoms with Crippen molar-refractivity contribution in [1.29, 1.82) is 0 Å². The zero-order valence-electron chi connectivity index (χ0n) is 10.7. The van der Waals surface area contributed by atoms with E-state index in [2.05, 4.69) is 41.4 Å². The third kappa shape index (κ3) is 2.63. The van der Waals surface area contributed by atoms with Crippen molar-refractivity contribution in [2.45, 2.75) is 32.2 Å². The Balaban J connectivity index is 1.55. The summed E-state index contributed by atoms with van der Waals surface area (Å²) in [5.74, 6) is 0.738. The van der Waals surface area contributed by atoms with E-state index in [0.717, 1.165) is 12.0 Å². The molecule has 1 unspecified atom stereocenters. The van der Waals surface area contributed by atoms with E-state index in [-0.39, 0.29) is 0 Å². The number of anilines is 1. The van der Waals surface area contributed by atoms with Crippen LogP contribution >= 0.6 is 0 Å². The van der Waals surface area contributed by atoms with Gasteiger partial charge in [0.1, 0.15) is 0 Å². The summed E-state index contributed by atoms with van der Waals surface area (Å²) in [5, 5.41) is 3.63. The van der Waals surface area contributed by atoms with Gasteiger partial charge in [0.05, 0.1) is 0 Å². The highest BCUT2D eigenvalue weighted by Crippen LogP contribution is 2.28. The molecule has 0 spiro atoms. The largest absolute Gasteiger partial charge is 0.371 e. The maximum Gasteiger partial charge on any atom is 0.0399 e. The molecule has 1 atom stereocenters. The molecule has 0 radical (unpaired) electrons. The van der Waals surface area contributed by atoms with Crippen molar-refractivity contribution in [2.75, 3.05) is 24.5 Å². The monoisotopic (exact) mass is 230 g/mol. The molecule has 0 saturated heterocycles. The van der Waals surface area contributed by atoms with E-state index in [1.165, 1.54) is 50.1 Å². The Bertz CT molecular complexity index is 384. The molecule has 1 aliphatic heterocycles. The smallest absolute Gasteiger partial charge is 0.0399 e. The number of rotatable bonds is 5. The van der Waals surface area contributed by atoms with Crippen molar-refractivity contribution < 1.29 is 0 Å². The summed E-state index contributed by atoms with van der Waals surface area (Å²) in [4.78, 5) is 2.55. The highest BCUT2D eigenvalue weighted by atomic mass is 15.2. The van der Waals surface area contributed by atoms with Crippen LogP contribution in [0.2, 0.25) is 0 Å². The lowest BCUT2D eigenvalue weighted by atomic mass is 10.1. The second kappa shape index (κ2) is 4.69. The van der Waals surface area contributed by atoms with E-state index in [1.54, 1.807) is 0 Å². The Morgan fingerprint density at radius 2 is 2.18 bits per heavy atom. The zero-order chi connectivity index (χ0) is 11.7. The predicted molar refractivity (Wildman–Crippen MR) is 72.5 cm³/mol. The first kappa shape index (κ1) is 11.1. The van der Waals surface area contributed by atoms with Gasteiger partial charge in [-0.05, 0) is 43.4 Å². The standard InChI is InChI=1S/C15H22N2/c1-12(10-16-14-6-7-14)11-17-9-8-13-4-2-3-5-15(13)17/h2-5,12,14,16H,6-11H2,1H3. The van der Waals surface area contributed by atoms with Crippen molar-refractivity contribution >= 4 is 5.69 Å². The number of nitrogens with one attached hydrogen (secondary N) is 1. The van der Waals surface area contributed by atoms with Gasteiger partial charge in [-0.3, -0.25) is 0 Å². The minimum Gasteiger partial charge on any atom is -0.371 e. The number of para-hydroxylation sites is 1. The van der Waals surface area contributed by atoms with Crippen LogP contribution in [0.3, 0.4) is 0 Å². The number of fused-ring (bicyclic) bond motifs is 1. The molecule has 1 aromatic rings. The van der Waals surface area contributed by atoms with Crippen molar-refractivity contribution in [3.8, 4) is 0 Å². The Morgan fingerprint density at radius 1 is 1.35 bits per heavy atom. The Morgan fingerprint density at radius 3 is 3.00 bits per heavy atom. The summed E-state index contributed by atoms with van der Waals surface area (Å²) in [6.45, 7) is 5.92. The van der Waals surface area contributed by atoms with Gasteiger partial charge in [0.15, 0.2) is 0 Å². The lowest BCUT2D eigenvalue weighted by Gasteiger charge is -2.24. The fourth-order valence-corrected chi connectivity index (χ4v) is 2.69. The third-order valence-electron chi connectivity index (χ3n) is 3.85. The van der Waals surface area contributed by atoms with Crippen LogP contribution in [0.1, 0.15) is 25.3 Å². The number of hydrogen-bond acceptors (Lipinski definition) is 2. The second-order valence-corrected chi connectivity index (χ2v) is 5.61. The molecule has 92 valence electrons. The van der Waals surface area contributed by atoms with Gasteiger partial charge < -0.3 is 10.2 Å². The van der Waals surface area contributed by atoms with Gasteiger partial charge in [0.25, 0.3) is 0 Å². The van der Waals surface area contributed by atoms with Crippen LogP contribution in [-0.4, -0.2) is 25.7 Å². The summed E-state index contributed by atoms with van der Waals surface area (Å²) < 4.78 is 0. The van der Waals surface area contributed by atoms with Gasteiger partial charge in [0, 0.05) is 24.8 Å². The van der Waals surface area contributed by atoms with Crippen LogP contribution in [0.5, 0.6) is 0 Å². The highest BCUT2D eigenvalue weighted by Gasteiger charge is 2.23. The maximum absolute atomic E-state index is 3.63. The first-order valence-corrected chi connectivity index (χ1v) is 6.89. The van der Waals surface area contributed by atoms with Crippen molar-refractivity contribution in [3.05, 3.63) is 29.8 Å². The summed E-state index contributed by atoms with van der Waals surface area (Å²) in [6.07, 6.45) is 4.00. The molecule has 2 aliphatic rings. The van der Waals surface area contributed by atoms with Crippen LogP contribution in [0.25, 0.3) is 0 Å². The Kier molecular flexibility index (Phi) is 3.06. The van der Waals surface area contributed by atoms with E-state index in [4.69, 9.17) is 0 Å².